The fourth-order valence-electron chi connectivity index (χ4n) is 1.95. The Hall–Kier alpha value is -2.37. The number of rotatable bonds is 7. The maximum absolute atomic E-state index is 12.1. The van der Waals surface area contributed by atoms with Crippen LogP contribution < -0.4 is 10.6 Å². The van der Waals surface area contributed by atoms with Gasteiger partial charge in [0.05, 0.1) is 6.54 Å². The fraction of sp³-hybridized carbons (Fsp3) is 0.400. The first-order valence-electron chi connectivity index (χ1n) is 7.23. The number of nitrogens with zero attached hydrogens (tertiary/aromatic N) is 3. The van der Waals surface area contributed by atoms with Crippen molar-refractivity contribution in [1.29, 1.82) is 0 Å². The molecule has 1 amide bonds. The normalized spacial score (nSPS) is 10.4. The van der Waals surface area contributed by atoms with Crippen molar-refractivity contribution in [2.24, 2.45) is 0 Å². The van der Waals surface area contributed by atoms with Gasteiger partial charge in [0, 0.05) is 24.3 Å². The number of benzene rings is 1. The zero-order valence-corrected chi connectivity index (χ0v) is 12.5. The van der Waals surface area contributed by atoms with E-state index in [1.807, 2.05) is 35.8 Å². The zero-order chi connectivity index (χ0) is 15.1. The zero-order valence-electron chi connectivity index (χ0n) is 12.5. The van der Waals surface area contributed by atoms with Gasteiger partial charge >= 0.3 is 0 Å². The molecule has 6 heteroatoms. The number of aryl methyl sites for hydroxylation is 1. The molecule has 2 aromatic rings. The summed E-state index contributed by atoms with van der Waals surface area (Å²) in [7, 11) is 0. The van der Waals surface area contributed by atoms with Crippen LogP contribution in [-0.4, -0.2) is 27.2 Å². The summed E-state index contributed by atoms with van der Waals surface area (Å²) in [6, 6.07) is 7.47. The van der Waals surface area contributed by atoms with E-state index in [1.54, 1.807) is 6.33 Å². The maximum Gasteiger partial charge on any atom is 0.251 e. The van der Waals surface area contributed by atoms with E-state index >= 15 is 0 Å². The molecule has 0 atom stereocenters. The molecule has 0 fully saturated rings. The quantitative estimate of drug-likeness (QED) is 0.817. The first kappa shape index (κ1) is 15.0. The minimum absolute atomic E-state index is 0.109. The Morgan fingerprint density at radius 2 is 2.00 bits per heavy atom. The van der Waals surface area contributed by atoms with Gasteiger partial charge in [-0.25, -0.2) is 0 Å². The topological polar surface area (TPSA) is 71.8 Å². The van der Waals surface area contributed by atoms with Crippen LogP contribution in [0.2, 0.25) is 0 Å². The van der Waals surface area contributed by atoms with Crippen molar-refractivity contribution in [1.82, 2.24) is 20.1 Å². The third-order valence-corrected chi connectivity index (χ3v) is 3.17. The fourth-order valence-corrected chi connectivity index (χ4v) is 1.95. The van der Waals surface area contributed by atoms with Crippen LogP contribution in [0, 0.1) is 0 Å². The van der Waals surface area contributed by atoms with E-state index in [9.17, 15) is 4.79 Å². The Morgan fingerprint density at radius 3 is 2.67 bits per heavy atom. The highest BCUT2D eigenvalue weighted by atomic mass is 16.1. The number of hydrogen-bond acceptors (Lipinski definition) is 4. The van der Waals surface area contributed by atoms with Gasteiger partial charge in [-0.2, -0.15) is 0 Å². The first-order chi connectivity index (χ1) is 10.2. The Kier molecular flexibility index (Phi) is 5.31. The highest BCUT2D eigenvalue weighted by molar-refractivity contribution is 5.94. The Bertz CT molecular complexity index is 576. The summed E-state index contributed by atoms with van der Waals surface area (Å²) >= 11 is 0. The summed E-state index contributed by atoms with van der Waals surface area (Å²) in [5.41, 5.74) is 1.67. The van der Waals surface area contributed by atoms with Crippen molar-refractivity contribution in [3.8, 4) is 0 Å². The molecule has 1 aromatic heterocycles. The predicted octanol–water partition coefficient (Wildman–Crippen LogP) is 2.05. The van der Waals surface area contributed by atoms with Crippen LogP contribution in [0.5, 0.6) is 0 Å². The number of aromatic nitrogens is 3. The van der Waals surface area contributed by atoms with E-state index in [-0.39, 0.29) is 5.91 Å². The van der Waals surface area contributed by atoms with Crippen LogP contribution in [-0.2, 0) is 13.1 Å². The van der Waals surface area contributed by atoms with Gasteiger partial charge in [0.15, 0.2) is 5.82 Å². The maximum atomic E-state index is 12.1. The molecule has 21 heavy (non-hydrogen) atoms. The molecule has 6 nitrogen and oxygen atoms in total. The summed E-state index contributed by atoms with van der Waals surface area (Å²) in [6.07, 6.45) is 2.73. The lowest BCUT2D eigenvalue weighted by Crippen LogP contribution is -2.24. The smallest absolute Gasteiger partial charge is 0.251 e. The Labute approximate surface area is 124 Å². The van der Waals surface area contributed by atoms with Crippen molar-refractivity contribution in [2.75, 3.05) is 11.9 Å². The van der Waals surface area contributed by atoms with Gasteiger partial charge in [0.25, 0.3) is 5.91 Å². The number of carbonyl (C=O) groups excluding carboxylic acids is 1. The van der Waals surface area contributed by atoms with Crippen molar-refractivity contribution in [3.05, 3.63) is 42.0 Å². The summed E-state index contributed by atoms with van der Waals surface area (Å²) in [6.45, 7) is 6.22. The van der Waals surface area contributed by atoms with E-state index in [1.165, 1.54) is 0 Å². The number of amides is 1. The summed E-state index contributed by atoms with van der Waals surface area (Å²) < 4.78 is 1.90. The molecule has 1 heterocycles. The van der Waals surface area contributed by atoms with Gasteiger partial charge in [0.1, 0.15) is 6.33 Å². The van der Waals surface area contributed by atoms with Gasteiger partial charge in [-0.1, -0.05) is 6.92 Å². The van der Waals surface area contributed by atoms with Crippen molar-refractivity contribution < 1.29 is 4.79 Å². The molecule has 0 saturated carbocycles. The molecule has 1 aromatic carbocycles. The molecule has 0 bridgehead atoms. The van der Waals surface area contributed by atoms with Crippen LogP contribution in [0.25, 0.3) is 0 Å². The first-order valence-corrected chi connectivity index (χ1v) is 7.23. The van der Waals surface area contributed by atoms with E-state index < -0.39 is 0 Å². The van der Waals surface area contributed by atoms with Crippen molar-refractivity contribution in [2.45, 2.75) is 33.4 Å². The van der Waals surface area contributed by atoms with Crippen LogP contribution >= 0.6 is 0 Å². The van der Waals surface area contributed by atoms with Gasteiger partial charge in [0.2, 0.25) is 0 Å². The molecule has 0 aliphatic rings. The SMILES string of the molecule is CCCNc1ccc(C(=O)NCc2nncn2CC)cc1. The van der Waals surface area contributed by atoms with Gasteiger partial charge in [-0.15, -0.1) is 10.2 Å². The molecule has 0 spiro atoms. The molecule has 0 aliphatic carbocycles. The number of hydrogen-bond donors (Lipinski definition) is 2. The third kappa shape index (κ3) is 4.05. The Balaban J connectivity index is 1.91. The van der Waals surface area contributed by atoms with Gasteiger partial charge in [-0.3, -0.25) is 4.79 Å². The number of carbonyl (C=O) groups is 1. The van der Waals surface area contributed by atoms with Crippen LogP contribution in [0.15, 0.2) is 30.6 Å². The van der Waals surface area contributed by atoms with Crippen LogP contribution in [0.3, 0.4) is 0 Å². The lowest BCUT2D eigenvalue weighted by atomic mass is 10.2. The average molecular weight is 287 g/mol. The van der Waals surface area contributed by atoms with E-state index in [0.29, 0.717) is 12.1 Å². The van der Waals surface area contributed by atoms with E-state index in [0.717, 1.165) is 31.0 Å². The predicted molar refractivity (Wildman–Crippen MR) is 82.1 cm³/mol. The molecule has 0 unspecified atom stereocenters. The van der Waals surface area contributed by atoms with Gasteiger partial charge in [-0.05, 0) is 37.6 Å². The molecular formula is C15H21N5O. The highest BCUT2D eigenvalue weighted by Gasteiger charge is 2.08. The number of nitrogens with one attached hydrogen (secondary N) is 2. The second kappa shape index (κ2) is 7.42. The summed E-state index contributed by atoms with van der Waals surface area (Å²) in [5.74, 6) is 0.648. The number of anilines is 1. The largest absolute Gasteiger partial charge is 0.385 e. The summed E-state index contributed by atoms with van der Waals surface area (Å²) in [4.78, 5) is 12.1. The van der Waals surface area contributed by atoms with Crippen molar-refractivity contribution >= 4 is 11.6 Å². The average Bonchev–Trinajstić information content (AvgIpc) is 2.98. The summed E-state index contributed by atoms with van der Waals surface area (Å²) in [5, 5.41) is 14.0. The monoisotopic (exact) mass is 287 g/mol. The lowest BCUT2D eigenvalue weighted by molar-refractivity contribution is 0.0949. The molecule has 2 N–H and O–H groups in total. The minimum atomic E-state index is -0.109. The molecule has 0 saturated heterocycles. The second-order valence-corrected chi connectivity index (χ2v) is 4.72. The second-order valence-electron chi connectivity index (χ2n) is 4.72. The Morgan fingerprint density at radius 1 is 1.24 bits per heavy atom. The van der Waals surface area contributed by atoms with Gasteiger partial charge < -0.3 is 15.2 Å². The molecule has 0 aliphatic heterocycles. The molecule has 112 valence electrons. The van der Waals surface area contributed by atoms with E-state index in [2.05, 4.69) is 27.8 Å². The van der Waals surface area contributed by atoms with Crippen LogP contribution in [0.4, 0.5) is 5.69 Å². The molecule has 2 rings (SSSR count). The highest BCUT2D eigenvalue weighted by Crippen LogP contribution is 2.09. The lowest BCUT2D eigenvalue weighted by Gasteiger charge is -2.08. The minimum Gasteiger partial charge on any atom is -0.385 e. The standard InChI is InChI=1S/C15H21N5O/c1-3-9-16-13-7-5-12(6-8-13)15(21)17-10-14-19-18-11-20(14)4-2/h5-8,11,16H,3-4,9-10H2,1-2H3,(H,17,21). The van der Waals surface area contributed by atoms with E-state index in [4.69, 9.17) is 0 Å². The molecular weight excluding hydrogens is 266 g/mol. The molecule has 0 radical (unpaired) electrons. The van der Waals surface area contributed by atoms with Crippen molar-refractivity contribution in [3.63, 3.8) is 0 Å². The van der Waals surface area contributed by atoms with Crippen LogP contribution in [0.1, 0.15) is 36.5 Å². The third-order valence-electron chi connectivity index (χ3n) is 3.17.